The normalized spacial score (nSPS) is 14.7. The summed E-state index contributed by atoms with van der Waals surface area (Å²) in [6.45, 7) is 5.95. The lowest BCUT2D eigenvalue weighted by Crippen LogP contribution is -2.27. The van der Waals surface area contributed by atoms with Crippen LogP contribution in [0.3, 0.4) is 0 Å². The molecule has 0 radical (unpaired) electrons. The SMILES string of the molecule is C=CC(c1ccc(Cl)c(Cl)c1)C(C)NC. The summed E-state index contributed by atoms with van der Waals surface area (Å²) in [7, 11) is 1.93. The molecular formula is C12H15Cl2N. The summed E-state index contributed by atoms with van der Waals surface area (Å²) in [5.74, 6) is 0.241. The lowest BCUT2D eigenvalue weighted by atomic mass is 9.93. The van der Waals surface area contributed by atoms with Gasteiger partial charge in [-0.3, -0.25) is 0 Å². The highest BCUT2D eigenvalue weighted by Crippen LogP contribution is 2.28. The van der Waals surface area contributed by atoms with Gasteiger partial charge in [-0.05, 0) is 31.7 Å². The van der Waals surface area contributed by atoms with E-state index >= 15 is 0 Å². The zero-order valence-corrected chi connectivity index (χ0v) is 10.4. The molecule has 1 rings (SSSR count). The summed E-state index contributed by atoms with van der Waals surface area (Å²) < 4.78 is 0. The van der Waals surface area contributed by atoms with E-state index in [1.165, 1.54) is 0 Å². The first kappa shape index (κ1) is 12.6. The molecule has 0 aliphatic rings. The molecular weight excluding hydrogens is 229 g/mol. The molecule has 1 aromatic carbocycles. The number of likely N-dealkylation sites (N-methyl/N-ethyl adjacent to an activating group) is 1. The van der Waals surface area contributed by atoms with Gasteiger partial charge in [0.05, 0.1) is 10.0 Å². The van der Waals surface area contributed by atoms with E-state index < -0.39 is 0 Å². The minimum Gasteiger partial charge on any atom is -0.316 e. The Kier molecular flexibility index (Phi) is 4.65. The highest BCUT2D eigenvalue weighted by molar-refractivity contribution is 6.42. The van der Waals surface area contributed by atoms with Gasteiger partial charge in [0.25, 0.3) is 0 Å². The molecule has 0 fully saturated rings. The summed E-state index contributed by atoms with van der Waals surface area (Å²) in [6.07, 6.45) is 1.92. The van der Waals surface area contributed by atoms with Gasteiger partial charge in [-0.2, -0.15) is 0 Å². The summed E-state index contributed by atoms with van der Waals surface area (Å²) >= 11 is 11.8. The van der Waals surface area contributed by atoms with Crippen molar-refractivity contribution in [3.8, 4) is 0 Å². The minimum absolute atomic E-state index is 0.241. The van der Waals surface area contributed by atoms with Crippen LogP contribution in [0.4, 0.5) is 0 Å². The maximum atomic E-state index is 5.98. The molecule has 0 bridgehead atoms. The van der Waals surface area contributed by atoms with Gasteiger partial charge < -0.3 is 5.32 Å². The molecule has 0 saturated carbocycles. The highest BCUT2D eigenvalue weighted by Gasteiger charge is 2.15. The van der Waals surface area contributed by atoms with Crippen molar-refractivity contribution in [2.45, 2.75) is 18.9 Å². The summed E-state index contributed by atoms with van der Waals surface area (Å²) in [5, 5.41) is 4.37. The van der Waals surface area contributed by atoms with Crippen molar-refractivity contribution in [1.29, 1.82) is 0 Å². The van der Waals surface area contributed by atoms with Gasteiger partial charge in [0.1, 0.15) is 0 Å². The van der Waals surface area contributed by atoms with Crippen molar-refractivity contribution in [3.05, 3.63) is 46.5 Å². The molecule has 0 aliphatic heterocycles. The monoisotopic (exact) mass is 243 g/mol. The third-order valence-corrected chi connectivity index (χ3v) is 3.32. The largest absolute Gasteiger partial charge is 0.316 e. The van der Waals surface area contributed by atoms with Crippen molar-refractivity contribution in [2.75, 3.05) is 7.05 Å². The molecule has 2 unspecified atom stereocenters. The van der Waals surface area contributed by atoms with E-state index in [-0.39, 0.29) is 5.92 Å². The van der Waals surface area contributed by atoms with Gasteiger partial charge in [-0.15, -0.1) is 6.58 Å². The molecule has 1 aromatic rings. The summed E-state index contributed by atoms with van der Waals surface area (Å²) in [5.41, 5.74) is 1.13. The first-order chi connectivity index (χ1) is 7.10. The molecule has 0 saturated heterocycles. The molecule has 0 heterocycles. The van der Waals surface area contributed by atoms with E-state index in [4.69, 9.17) is 23.2 Å². The second-order valence-electron chi connectivity index (χ2n) is 3.51. The van der Waals surface area contributed by atoms with Gasteiger partial charge in [0, 0.05) is 12.0 Å². The van der Waals surface area contributed by atoms with E-state index in [1.807, 2.05) is 31.3 Å². The Morgan fingerprint density at radius 3 is 2.47 bits per heavy atom. The molecule has 0 aromatic heterocycles. The molecule has 3 heteroatoms. The average Bonchev–Trinajstić information content (AvgIpc) is 2.24. The van der Waals surface area contributed by atoms with Crippen LogP contribution in [-0.4, -0.2) is 13.1 Å². The third-order valence-electron chi connectivity index (χ3n) is 2.58. The Bertz CT molecular complexity index is 349. The van der Waals surface area contributed by atoms with E-state index in [9.17, 15) is 0 Å². The molecule has 1 nitrogen and oxygen atoms in total. The first-order valence-corrected chi connectivity index (χ1v) is 5.60. The maximum Gasteiger partial charge on any atom is 0.0595 e. The number of benzene rings is 1. The minimum atomic E-state index is 0.241. The number of nitrogens with one attached hydrogen (secondary N) is 1. The lowest BCUT2D eigenvalue weighted by molar-refractivity contribution is 0.558. The molecule has 15 heavy (non-hydrogen) atoms. The predicted octanol–water partition coefficient (Wildman–Crippen LogP) is 3.87. The van der Waals surface area contributed by atoms with Crippen LogP contribution in [-0.2, 0) is 0 Å². The summed E-state index contributed by atoms with van der Waals surface area (Å²) in [6, 6.07) is 6.01. The predicted molar refractivity (Wildman–Crippen MR) is 67.9 cm³/mol. The van der Waals surface area contributed by atoms with Crippen molar-refractivity contribution in [2.24, 2.45) is 0 Å². The van der Waals surface area contributed by atoms with Crippen molar-refractivity contribution in [1.82, 2.24) is 5.32 Å². The fourth-order valence-electron chi connectivity index (χ4n) is 1.53. The number of rotatable bonds is 4. The second-order valence-corrected chi connectivity index (χ2v) is 4.33. The van der Waals surface area contributed by atoms with E-state index in [2.05, 4.69) is 18.8 Å². The standard InChI is InChI=1S/C12H15Cl2N/c1-4-10(8(2)15-3)9-5-6-11(13)12(14)7-9/h4-8,10,15H,1H2,2-3H3. The van der Waals surface area contributed by atoms with E-state index in [0.717, 1.165) is 5.56 Å². The van der Waals surface area contributed by atoms with Crippen LogP contribution in [0.25, 0.3) is 0 Å². The Morgan fingerprint density at radius 1 is 1.33 bits per heavy atom. The number of hydrogen-bond acceptors (Lipinski definition) is 1. The fraction of sp³-hybridized carbons (Fsp3) is 0.333. The van der Waals surface area contributed by atoms with Crippen LogP contribution in [0.15, 0.2) is 30.9 Å². The van der Waals surface area contributed by atoms with E-state index in [0.29, 0.717) is 16.1 Å². The van der Waals surface area contributed by atoms with Crippen molar-refractivity contribution < 1.29 is 0 Å². The van der Waals surface area contributed by atoms with Crippen LogP contribution in [0.1, 0.15) is 18.4 Å². The van der Waals surface area contributed by atoms with Crippen LogP contribution in [0.2, 0.25) is 10.0 Å². The molecule has 0 spiro atoms. The van der Waals surface area contributed by atoms with Crippen molar-refractivity contribution >= 4 is 23.2 Å². The topological polar surface area (TPSA) is 12.0 Å². The van der Waals surface area contributed by atoms with Gasteiger partial charge >= 0.3 is 0 Å². The van der Waals surface area contributed by atoms with Crippen LogP contribution >= 0.6 is 23.2 Å². The molecule has 2 atom stereocenters. The number of halogens is 2. The maximum absolute atomic E-state index is 5.98. The second kappa shape index (κ2) is 5.55. The lowest BCUT2D eigenvalue weighted by Gasteiger charge is -2.20. The van der Waals surface area contributed by atoms with Crippen LogP contribution in [0.5, 0.6) is 0 Å². The van der Waals surface area contributed by atoms with Crippen molar-refractivity contribution in [3.63, 3.8) is 0 Å². The Balaban J connectivity index is 3.02. The van der Waals surface area contributed by atoms with Gasteiger partial charge in [0.15, 0.2) is 0 Å². The average molecular weight is 244 g/mol. The molecule has 82 valence electrons. The first-order valence-electron chi connectivity index (χ1n) is 4.85. The third kappa shape index (κ3) is 2.97. The van der Waals surface area contributed by atoms with Gasteiger partial charge in [0.2, 0.25) is 0 Å². The zero-order chi connectivity index (χ0) is 11.4. The van der Waals surface area contributed by atoms with Gasteiger partial charge in [-0.1, -0.05) is 35.3 Å². The zero-order valence-electron chi connectivity index (χ0n) is 8.93. The summed E-state index contributed by atoms with van der Waals surface area (Å²) in [4.78, 5) is 0. The van der Waals surface area contributed by atoms with Gasteiger partial charge in [-0.25, -0.2) is 0 Å². The fourth-order valence-corrected chi connectivity index (χ4v) is 1.83. The molecule has 0 amide bonds. The van der Waals surface area contributed by atoms with Crippen LogP contribution in [0, 0.1) is 0 Å². The molecule has 1 N–H and O–H groups in total. The number of hydrogen-bond donors (Lipinski definition) is 1. The van der Waals surface area contributed by atoms with E-state index in [1.54, 1.807) is 0 Å². The Labute approximate surface area is 101 Å². The van der Waals surface area contributed by atoms with Crippen LogP contribution < -0.4 is 5.32 Å². The Hall–Kier alpha value is -0.500. The smallest absolute Gasteiger partial charge is 0.0595 e. The highest BCUT2D eigenvalue weighted by atomic mass is 35.5. The quantitative estimate of drug-likeness (QED) is 0.793. The Morgan fingerprint density at radius 2 is 2.00 bits per heavy atom. The molecule has 0 aliphatic carbocycles.